The average molecular weight is 304 g/mol. The Balaban J connectivity index is 2.67. The van der Waals surface area contributed by atoms with E-state index in [9.17, 15) is 18.9 Å². The number of nitro benzene ring substituents is 1. The number of nitrogens with zero attached hydrogens (tertiary/aromatic N) is 1. The molecule has 0 unspecified atom stereocenters. The van der Waals surface area contributed by atoms with Gasteiger partial charge in [0.2, 0.25) is 5.82 Å². The van der Waals surface area contributed by atoms with Gasteiger partial charge in [-0.2, -0.15) is 4.39 Å². The summed E-state index contributed by atoms with van der Waals surface area (Å²) in [7, 11) is 0. The first kappa shape index (κ1) is 13.7. The first-order valence-electron chi connectivity index (χ1n) is 4.98. The molecule has 0 aliphatic rings. The number of rotatable bonds is 2. The molecular formula is C12H5Cl2F2NO2. The van der Waals surface area contributed by atoms with E-state index in [0.29, 0.717) is 6.07 Å². The Bertz CT molecular complexity index is 657. The lowest BCUT2D eigenvalue weighted by atomic mass is 10.0. The summed E-state index contributed by atoms with van der Waals surface area (Å²) in [5, 5.41) is 11.1. The van der Waals surface area contributed by atoms with Crippen molar-refractivity contribution in [3.63, 3.8) is 0 Å². The Kier molecular flexibility index (Phi) is 3.68. The third kappa shape index (κ3) is 2.83. The Hall–Kier alpha value is -1.72. The van der Waals surface area contributed by atoms with Gasteiger partial charge in [0.1, 0.15) is 5.82 Å². The zero-order valence-electron chi connectivity index (χ0n) is 9.16. The van der Waals surface area contributed by atoms with Crippen LogP contribution in [0, 0.1) is 21.7 Å². The largest absolute Gasteiger partial charge is 0.305 e. The van der Waals surface area contributed by atoms with Gasteiger partial charge < -0.3 is 0 Å². The van der Waals surface area contributed by atoms with Gasteiger partial charge in [-0.1, -0.05) is 23.2 Å². The predicted octanol–water partition coefficient (Wildman–Crippen LogP) is 4.85. The first-order valence-corrected chi connectivity index (χ1v) is 5.74. The van der Waals surface area contributed by atoms with Crippen LogP contribution in [0.4, 0.5) is 14.5 Å². The van der Waals surface area contributed by atoms with Gasteiger partial charge in [0.15, 0.2) is 0 Å². The minimum Gasteiger partial charge on any atom is -0.258 e. The van der Waals surface area contributed by atoms with Gasteiger partial charge in [-0.05, 0) is 23.8 Å². The lowest BCUT2D eigenvalue weighted by molar-refractivity contribution is -0.387. The van der Waals surface area contributed by atoms with Crippen molar-refractivity contribution in [1.82, 2.24) is 0 Å². The summed E-state index contributed by atoms with van der Waals surface area (Å²) < 4.78 is 26.9. The molecule has 0 saturated heterocycles. The molecule has 0 atom stereocenters. The highest BCUT2D eigenvalue weighted by Gasteiger charge is 2.19. The molecule has 0 fully saturated rings. The van der Waals surface area contributed by atoms with Crippen LogP contribution in [0.2, 0.25) is 10.0 Å². The molecular weight excluding hydrogens is 299 g/mol. The second-order valence-corrected chi connectivity index (χ2v) is 4.57. The van der Waals surface area contributed by atoms with Crippen LogP contribution >= 0.6 is 23.2 Å². The molecule has 19 heavy (non-hydrogen) atoms. The SMILES string of the molecule is O=[N+]([O-])c1cc(-c2cc(Cl)cc(Cl)c2)c(F)cc1F. The van der Waals surface area contributed by atoms with E-state index >= 15 is 0 Å². The highest BCUT2D eigenvalue weighted by atomic mass is 35.5. The molecule has 0 bridgehead atoms. The minimum absolute atomic E-state index is 0.141. The van der Waals surface area contributed by atoms with Crippen molar-refractivity contribution >= 4 is 28.9 Å². The summed E-state index contributed by atoms with van der Waals surface area (Å²) in [5.41, 5.74) is -0.719. The molecule has 0 aliphatic carbocycles. The van der Waals surface area contributed by atoms with Crippen molar-refractivity contribution in [3.05, 3.63) is 62.1 Å². The second-order valence-electron chi connectivity index (χ2n) is 3.70. The molecule has 2 aromatic carbocycles. The molecule has 2 rings (SSSR count). The van der Waals surface area contributed by atoms with Crippen molar-refractivity contribution < 1.29 is 13.7 Å². The average Bonchev–Trinajstić information content (AvgIpc) is 2.26. The van der Waals surface area contributed by atoms with Gasteiger partial charge in [-0.15, -0.1) is 0 Å². The van der Waals surface area contributed by atoms with Crippen LogP contribution in [0.25, 0.3) is 11.1 Å². The van der Waals surface area contributed by atoms with Crippen LogP contribution in [0.5, 0.6) is 0 Å². The first-order chi connectivity index (χ1) is 8.88. The van der Waals surface area contributed by atoms with Gasteiger partial charge in [0.05, 0.1) is 4.92 Å². The monoisotopic (exact) mass is 303 g/mol. The molecule has 2 aromatic rings. The summed E-state index contributed by atoms with van der Waals surface area (Å²) in [4.78, 5) is 9.72. The quantitative estimate of drug-likeness (QED) is 0.588. The maximum atomic E-state index is 13.7. The zero-order chi connectivity index (χ0) is 14.2. The number of hydrogen-bond donors (Lipinski definition) is 0. The Labute approximate surface area is 116 Å². The van der Waals surface area contributed by atoms with Gasteiger partial charge in [-0.25, -0.2) is 4.39 Å². The molecule has 7 heteroatoms. The molecule has 0 N–H and O–H groups in total. The van der Waals surface area contributed by atoms with E-state index in [-0.39, 0.29) is 21.2 Å². The highest BCUT2D eigenvalue weighted by molar-refractivity contribution is 6.35. The van der Waals surface area contributed by atoms with E-state index in [1.807, 2.05) is 0 Å². The number of hydrogen-bond acceptors (Lipinski definition) is 2. The molecule has 0 spiro atoms. The lowest BCUT2D eigenvalue weighted by Crippen LogP contribution is -1.96. The molecule has 0 aromatic heterocycles. The van der Waals surface area contributed by atoms with Crippen molar-refractivity contribution in [2.45, 2.75) is 0 Å². The molecule has 0 heterocycles. The van der Waals surface area contributed by atoms with Crippen LogP contribution in [0.15, 0.2) is 30.3 Å². The third-order valence-electron chi connectivity index (χ3n) is 2.41. The fourth-order valence-electron chi connectivity index (χ4n) is 1.61. The van der Waals surface area contributed by atoms with Gasteiger partial charge in [0, 0.05) is 27.7 Å². The van der Waals surface area contributed by atoms with E-state index in [1.54, 1.807) is 0 Å². The smallest absolute Gasteiger partial charge is 0.258 e. The molecule has 0 radical (unpaired) electrons. The van der Waals surface area contributed by atoms with E-state index in [4.69, 9.17) is 23.2 Å². The Morgan fingerprint density at radius 1 is 0.947 bits per heavy atom. The maximum Gasteiger partial charge on any atom is 0.305 e. The van der Waals surface area contributed by atoms with Crippen LogP contribution in [0.1, 0.15) is 0 Å². The van der Waals surface area contributed by atoms with Gasteiger partial charge in [-0.3, -0.25) is 10.1 Å². The van der Waals surface area contributed by atoms with Crippen LogP contribution in [-0.2, 0) is 0 Å². The molecule has 98 valence electrons. The fraction of sp³-hybridized carbons (Fsp3) is 0. The van der Waals surface area contributed by atoms with Crippen molar-refractivity contribution in [2.75, 3.05) is 0 Å². The summed E-state index contributed by atoms with van der Waals surface area (Å²) >= 11 is 11.5. The zero-order valence-corrected chi connectivity index (χ0v) is 10.7. The van der Waals surface area contributed by atoms with Crippen molar-refractivity contribution in [3.8, 4) is 11.1 Å². The second kappa shape index (κ2) is 5.11. The minimum atomic E-state index is -1.24. The van der Waals surface area contributed by atoms with Crippen LogP contribution < -0.4 is 0 Å². The Morgan fingerprint density at radius 2 is 1.53 bits per heavy atom. The predicted molar refractivity (Wildman–Crippen MR) is 68.5 cm³/mol. The topological polar surface area (TPSA) is 43.1 Å². The van der Waals surface area contributed by atoms with Crippen LogP contribution in [-0.4, -0.2) is 4.92 Å². The number of halogens is 4. The lowest BCUT2D eigenvalue weighted by Gasteiger charge is -2.06. The van der Waals surface area contributed by atoms with E-state index < -0.39 is 22.2 Å². The number of benzene rings is 2. The van der Waals surface area contributed by atoms with Gasteiger partial charge in [0.25, 0.3) is 0 Å². The van der Waals surface area contributed by atoms with Gasteiger partial charge >= 0.3 is 5.69 Å². The van der Waals surface area contributed by atoms with E-state index in [2.05, 4.69) is 0 Å². The molecule has 0 saturated carbocycles. The maximum absolute atomic E-state index is 13.7. The summed E-state index contributed by atoms with van der Waals surface area (Å²) in [6.45, 7) is 0. The highest BCUT2D eigenvalue weighted by Crippen LogP contribution is 2.32. The van der Waals surface area contributed by atoms with Crippen molar-refractivity contribution in [2.24, 2.45) is 0 Å². The standard InChI is InChI=1S/C12H5Cl2F2NO2/c13-7-1-6(2-8(14)3-7)9-4-12(17(18)19)11(16)5-10(9)15/h1-5H. The summed E-state index contributed by atoms with van der Waals surface area (Å²) in [5.74, 6) is -2.17. The molecule has 0 aliphatic heterocycles. The van der Waals surface area contributed by atoms with E-state index in [0.717, 1.165) is 6.07 Å². The normalized spacial score (nSPS) is 10.5. The Morgan fingerprint density at radius 3 is 2.05 bits per heavy atom. The molecule has 0 amide bonds. The summed E-state index contributed by atoms with van der Waals surface area (Å²) in [6.07, 6.45) is 0. The van der Waals surface area contributed by atoms with Crippen molar-refractivity contribution in [1.29, 1.82) is 0 Å². The summed E-state index contributed by atoms with van der Waals surface area (Å²) in [6, 6.07) is 5.47. The fourth-order valence-corrected chi connectivity index (χ4v) is 2.13. The number of nitro groups is 1. The van der Waals surface area contributed by atoms with E-state index in [1.165, 1.54) is 18.2 Å². The molecule has 3 nitrogen and oxygen atoms in total. The van der Waals surface area contributed by atoms with Crippen LogP contribution in [0.3, 0.4) is 0 Å². The third-order valence-corrected chi connectivity index (χ3v) is 2.84.